The van der Waals surface area contributed by atoms with E-state index in [2.05, 4.69) is 11.4 Å². The third-order valence-corrected chi connectivity index (χ3v) is 5.72. The highest BCUT2D eigenvalue weighted by Gasteiger charge is 2.22. The number of amides is 1. The van der Waals surface area contributed by atoms with E-state index in [0.29, 0.717) is 5.92 Å². The summed E-state index contributed by atoms with van der Waals surface area (Å²) in [7, 11) is 0. The molecule has 0 aromatic heterocycles. The molecule has 0 heterocycles. The second-order valence-corrected chi connectivity index (χ2v) is 7.58. The monoisotopic (exact) mass is 343 g/mol. The van der Waals surface area contributed by atoms with Crippen molar-refractivity contribution in [3.63, 3.8) is 0 Å². The second kappa shape index (κ2) is 8.61. The Morgan fingerprint density at radius 1 is 1.00 bits per heavy atom. The zero-order valence-corrected chi connectivity index (χ0v) is 14.9. The lowest BCUT2D eigenvalue weighted by molar-refractivity contribution is -0.122. The minimum atomic E-state index is -0.0289. The number of carbonyl (C=O) groups excluding carboxylic acids is 2. The number of nitrogens with one attached hydrogen (secondary N) is 1. The average molecular weight is 343 g/mol. The van der Waals surface area contributed by atoms with Gasteiger partial charge < -0.3 is 10.4 Å². The maximum absolute atomic E-state index is 12.4. The lowest BCUT2D eigenvalue weighted by Gasteiger charge is -2.27. The van der Waals surface area contributed by atoms with Crippen molar-refractivity contribution in [2.75, 3.05) is 6.61 Å². The summed E-state index contributed by atoms with van der Waals surface area (Å²) in [6.45, 7) is 0.246. The van der Waals surface area contributed by atoms with E-state index in [1.165, 1.54) is 24.0 Å². The van der Waals surface area contributed by atoms with E-state index < -0.39 is 0 Å². The number of hydrogen-bond acceptors (Lipinski definition) is 3. The van der Waals surface area contributed by atoms with E-state index in [-0.39, 0.29) is 37.2 Å². The highest BCUT2D eigenvalue weighted by atomic mass is 16.3. The number of aryl methyl sites for hydroxylation is 2. The van der Waals surface area contributed by atoms with Gasteiger partial charge in [-0.2, -0.15) is 0 Å². The summed E-state index contributed by atoms with van der Waals surface area (Å²) in [5.74, 6) is 0.421. The molecule has 0 spiro atoms. The van der Waals surface area contributed by atoms with Gasteiger partial charge in [-0.05, 0) is 74.5 Å². The summed E-state index contributed by atoms with van der Waals surface area (Å²) in [5.41, 5.74) is 3.43. The summed E-state index contributed by atoms with van der Waals surface area (Å²) in [5, 5.41) is 12.2. The molecule has 0 aliphatic heterocycles. The average Bonchev–Trinajstić information content (AvgIpc) is 2.66. The first-order chi connectivity index (χ1) is 12.2. The Balaban J connectivity index is 1.45. The molecule has 0 atom stereocenters. The predicted octanol–water partition coefficient (Wildman–Crippen LogP) is 3.20. The van der Waals surface area contributed by atoms with Crippen LogP contribution in [0.3, 0.4) is 0 Å². The summed E-state index contributed by atoms with van der Waals surface area (Å²) in [4.78, 5) is 24.5. The minimum absolute atomic E-state index is 0.0289. The number of fused-ring (bicyclic) bond motifs is 1. The summed E-state index contributed by atoms with van der Waals surface area (Å²) < 4.78 is 0. The number of rotatable bonds is 6. The molecule has 1 amide bonds. The third-order valence-electron chi connectivity index (χ3n) is 5.72. The minimum Gasteiger partial charge on any atom is -0.396 e. The molecule has 4 heteroatoms. The molecule has 3 rings (SSSR count). The Kier molecular flexibility index (Phi) is 6.24. The predicted molar refractivity (Wildman–Crippen MR) is 97.6 cm³/mol. The Hall–Kier alpha value is -1.68. The molecule has 0 saturated heterocycles. The summed E-state index contributed by atoms with van der Waals surface area (Å²) in [6.07, 6.45) is 8.94. The molecule has 0 unspecified atom stereocenters. The van der Waals surface area contributed by atoms with E-state index in [1.54, 1.807) is 0 Å². The van der Waals surface area contributed by atoms with Crippen LogP contribution < -0.4 is 5.32 Å². The van der Waals surface area contributed by atoms with Gasteiger partial charge in [0.2, 0.25) is 5.91 Å². The maximum atomic E-state index is 12.4. The lowest BCUT2D eigenvalue weighted by Crippen LogP contribution is -2.38. The van der Waals surface area contributed by atoms with Crippen LogP contribution in [0.5, 0.6) is 0 Å². The fourth-order valence-electron chi connectivity index (χ4n) is 4.07. The van der Waals surface area contributed by atoms with Crippen molar-refractivity contribution < 1.29 is 14.7 Å². The molecule has 1 aromatic rings. The second-order valence-electron chi connectivity index (χ2n) is 7.58. The van der Waals surface area contributed by atoms with E-state index in [0.717, 1.165) is 44.1 Å². The highest BCUT2D eigenvalue weighted by Crippen LogP contribution is 2.24. The van der Waals surface area contributed by atoms with Gasteiger partial charge in [-0.3, -0.25) is 9.59 Å². The number of Topliss-reactive ketones (excluding diaryl/α,β-unsaturated/α-hetero) is 1. The molecule has 0 radical (unpaired) electrons. The number of carbonyl (C=O) groups is 2. The molecule has 25 heavy (non-hydrogen) atoms. The maximum Gasteiger partial charge on any atom is 0.220 e. The Bertz CT molecular complexity index is 618. The zero-order chi connectivity index (χ0) is 17.6. The van der Waals surface area contributed by atoms with Crippen LogP contribution in [0.25, 0.3) is 0 Å². The largest absolute Gasteiger partial charge is 0.396 e. The fourth-order valence-corrected chi connectivity index (χ4v) is 4.07. The molecule has 1 aromatic carbocycles. The van der Waals surface area contributed by atoms with Crippen LogP contribution in [0.15, 0.2) is 18.2 Å². The number of aliphatic hydroxyl groups excluding tert-OH is 1. The first kappa shape index (κ1) is 18.1. The standard InChI is InChI=1S/C21H29NO3/c23-14-15-5-9-19(10-6-15)22-21(25)12-11-20(24)18-8-7-16-3-1-2-4-17(16)13-18/h7-8,13,15,19,23H,1-6,9-12,14H2,(H,22,25). The Morgan fingerprint density at radius 3 is 2.44 bits per heavy atom. The number of ketones is 1. The van der Waals surface area contributed by atoms with Gasteiger partial charge in [-0.15, -0.1) is 0 Å². The summed E-state index contributed by atoms with van der Waals surface area (Å²) in [6, 6.07) is 6.24. The van der Waals surface area contributed by atoms with Gasteiger partial charge in [0.15, 0.2) is 5.78 Å². The number of aliphatic hydroxyl groups is 1. The molecular weight excluding hydrogens is 314 g/mol. The van der Waals surface area contributed by atoms with Crippen LogP contribution in [0.2, 0.25) is 0 Å². The molecule has 4 nitrogen and oxygen atoms in total. The third kappa shape index (κ3) is 4.91. The quantitative estimate of drug-likeness (QED) is 0.780. The smallest absolute Gasteiger partial charge is 0.220 e. The van der Waals surface area contributed by atoms with Crippen LogP contribution >= 0.6 is 0 Å². The zero-order valence-electron chi connectivity index (χ0n) is 14.9. The van der Waals surface area contributed by atoms with Crippen molar-refractivity contribution in [3.05, 3.63) is 34.9 Å². The van der Waals surface area contributed by atoms with Crippen molar-refractivity contribution in [2.24, 2.45) is 5.92 Å². The fraction of sp³-hybridized carbons (Fsp3) is 0.619. The molecule has 2 N–H and O–H groups in total. The van der Waals surface area contributed by atoms with Crippen molar-refractivity contribution in [1.82, 2.24) is 5.32 Å². The van der Waals surface area contributed by atoms with Crippen LogP contribution in [0.1, 0.15) is 72.9 Å². The van der Waals surface area contributed by atoms with E-state index in [4.69, 9.17) is 5.11 Å². The first-order valence-electron chi connectivity index (χ1n) is 9.71. The summed E-state index contributed by atoms with van der Waals surface area (Å²) >= 11 is 0. The van der Waals surface area contributed by atoms with E-state index in [1.807, 2.05) is 12.1 Å². The van der Waals surface area contributed by atoms with Crippen LogP contribution in [0.4, 0.5) is 0 Å². The van der Waals surface area contributed by atoms with Gasteiger partial charge >= 0.3 is 0 Å². The van der Waals surface area contributed by atoms with E-state index >= 15 is 0 Å². The molecule has 2 aliphatic rings. The van der Waals surface area contributed by atoms with Crippen molar-refractivity contribution in [2.45, 2.75) is 70.3 Å². The normalized spacial score (nSPS) is 22.9. The molecule has 136 valence electrons. The first-order valence-corrected chi connectivity index (χ1v) is 9.71. The van der Waals surface area contributed by atoms with Crippen LogP contribution in [0, 0.1) is 5.92 Å². The van der Waals surface area contributed by atoms with Gasteiger partial charge in [-0.1, -0.05) is 12.1 Å². The number of hydrogen-bond donors (Lipinski definition) is 2. The Morgan fingerprint density at radius 2 is 1.72 bits per heavy atom. The molecule has 2 aliphatic carbocycles. The van der Waals surface area contributed by atoms with Gasteiger partial charge in [0.25, 0.3) is 0 Å². The van der Waals surface area contributed by atoms with Gasteiger partial charge in [0.1, 0.15) is 0 Å². The van der Waals surface area contributed by atoms with Crippen molar-refractivity contribution in [1.29, 1.82) is 0 Å². The van der Waals surface area contributed by atoms with E-state index in [9.17, 15) is 9.59 Å². The number of benzene rings is 1. The van der Waals surface area contributed by atoms with Gasteiger partial charge in [0.05, 0.1) is 0 Å². The molecule has 1 saturated carbocycles. The van der Waals surface area contributed by atoms with Gasteiger partial charge in [0, 0.05) is 31.1 Å². The van der Waals surface area contributed by atoms with Crippen LogP contribution in [-0.4, -0.2) is 29.4 Å². The SMILES string of the molecule is O=C(CCC(=O)c1ccc2c(c1)CCCC2)NC1CCC(CO)CC1. The van der Waals surface area contributed by atoms with Crippen LogP contribution in [-0.2, 0) is 17.6 Å². The topological polar surface area (TPSA) is 66.4 Å². The molecule has 0 bridgehead atoms. The van der Waals surface area contributed by atoms with Crippen molar-refractivity contribution in [3.8, 4) is 0 Å². The Labute approximate surface area is 150 Å². The van der Waals surface area contributed by atoms with Gasteiger partial charge in [-0.25, -0.2) is 0 Å². The van der Waals surface area contributed by atoms with Crippen molar-refractivity contribution >= 4 is 11.7 Å². The lowest BCUT2D eigenvalue weighted by atomic mass is 9.86. The molecule has 1 fully saturated rings. The molecular formula is C21H29NO3. The highest BCUT2D eigenvalue weighted by molar-refractivity contribution is 5.98.